The second kappa shape index (κ2) is 7.20. The number of aromatic nitrogens is 1. The van der Waals surface area contributed by atoms with Gasteiger partial charge in [-0.3, -0.25) is 9.78 Å². The lowest BCUT2D eigenvalue weighted by atomic mass is 10.2. The van der Waals surface area contributed by atoms with E-state index in [1.807, 2.05) is 13.0 Å². The maximum Gasteiger partial charge on any atom is 0.261 e. The van der Waals surface area contributed by atoms with Gasteiger partial charge in [0.05, 0.1) is 28.4 Å². The van der Waals surface area contributed by atoms with Crippen molar-refractivity contribution in [2.75, 3.05) is 6.61 Å². The lowest BCUT2D eigenvalue weighted by Crippen LogP contribution is -2.21. The van der Waals surface area contributed by atoms with Crippen LogP contribution < -0.4 is 5.32 Å². The lowest BCUT2D eigenvalue weighted by Gasteiger charge is -1.99. The molecule has 0 spiro atoms. The molecule has 0 fully saturated rings. The molecule has 0 atom stereocenters. The molecule has 20 heavy (non-hydrogen) atoms. The quantitative estimate of drug-likeness (QED) is 0.851. The van der Waals surface area contributed by atoms with Crippen molar-refractivity contribution in [1.82, 2.24) is 10.3 Å². The molecule has 0 aliphatic carbocycles. The standard InChI is InChI=1S/C14H14N2O2S2/c1-10-6-13(20-12(10)4-2-3-5-17)14(18)16-8-11-7-15-9-19-11/h6-7,9,17H,3,5,8H2,1H3,(H,16,18). The Morgan fingerprint density at radius 2 is 2.40 bits per heavy atom. The van der Waals surface area contributed by atoms with Crippen molar-refractivity contribution < 1.29 is 9.90 Å². The van der Waals surface area contributed by atoms with Crippen LogP contribution in [0.3, 0.4) is 0 Å². The summed E-state index contributed by atoms with van der Waals surface area (Å²) >= 11 is 2.89. The fourth-order valence-electron chi connectivity index (χ4n) is 1.50. The van der Waals surface area contributed by atoms with E-state index in [1.54, 1.807) is 11.7 Å². The van der Waals surface area contributed by atoms with Crippen molar-refractivity contribution in [3.05, 3.63) is 38.0 Å². The Morgan fingerprint density at radius 1 is 1.55 bits per heavy atom. The predicted octanol–water partition coefficient (Wildman–Crippen LogP) is 2.18. The van der Waals surface area contributed by atoms with E-state index < -0.39 is 0 Å². The van der Waals surface area contributed by atoms with E-state index in [2.05, 4.69) is 22.1 Å². The van der Waals surface area contributed by atoms with Crippen molar-refractivity contribution >= 4 is 28.6 Å². The van der Waals surface area contributed by atoms with Crippen LogP contribution in [-0.4, -0.2) is 22.6 Å². The van der Waals surface area contributed by atoms with Crippen molar-refractivity contribution in [3.63, 3.8) is 0 Å². The fourth-order valence-corrected chi connectivity index (χ4v) is 3.00. The Morgan fingerprint density at radius 3 is 3.10 bits per heavy atom. The van der Waals surface area contributed by atoms with Crippen LogP contribution in [0, 0.1) is 18.8 Å². The number of thiophene rings is 1. The summed E-state index contributed by atoms with van der Waals surface area (Å²) in [6.07, 6.45) is 2.20. The zero-order valence-electron chi connectivity index (χ0n) is 11.0. The minimum atomic E-state index is -0.0956. The molecular weight excluding hydrogens is 292 g/mol. The molecule has 0 radical (unpaired) electrons. The molecule has 6 heteroatoms. The maximum absolute atomic E-state index is 12.0. The highest BCUT2D eigenvalue weighted by molar-refractivity contribution is 7.14. The molecule has 0 saturated carbocycles. The summed E-state index contributed by atoms with van der Waals surface area (Å²) in [4.78, 5) is 18.5. The third-order valence-electron chi connectivity index (χ3n) is 2.49. The lowest BCUT2D eigenvalue weighted by molar-refractivity contribution is 0.0955. The monoisotopic (exact) mass is 306 g/mol. The Balaban J connectivity index is 2.00. The van der Waals surface area contributed by atoms with Gasteiger partial charge in [-0.05, 0) is 18.6 Å². The van der Waals surface area contributed by atoms with Gasteiger partial charge in [-0.25, -0.2) is 0 Å². The molecule has 2 aromatic rings. The number of rotatable bonds is 4. The average molecular weight is 306 g/mol. The number of aryl methyl sites for hydroxylation is 1. The normalized spacial score (nSPS) is 9.90. The number of hydrogen-bond acceptors (Lipinski definition) is 5. The summed E-state index contributed by atoms with van der Waals surface area (Å²) < 4.78 is 0. The van der Waals surface area contributed by atoms with Crippen molar-refractivity contribution in [2.24, 2.45) is 0 Å². The molecule has 2 heterocycles. The minimum Gasteiger partial charge on any atom is -0.395 e. The topological polar surface area (TPSA) is 62.2 Å². The molecule has 1 amide bonds. The largest absolute Gasteiger partial charge is 0.395 e. The van der Waals surface area contributed by atoms with Crippen LogP contribution in [0.15, 0.2) is 17.8 Å². The fraction of sp³-hybridized carbons (Fsp3) is 0.286. The number of hydrogen-bond donors (Lipinski definition) is 2. The second-order valence-corrected chi connectivity index (χ2v) is 6.07. The summed E-state index contributed by atoms with van der Waals surface area (Å²) in [6, 6.07) is 1.84. The highest BCUT2D eigenvalue weighted by Crippen LogP contribution is 2.21. The van der Waals surface area contributed by atoms with Crippen LogP contribution in [0.4, 0.5) is 0 Å². The minimum absolute atomic E-state index is 0.0552. The van der Waals surface area contributed by atoms with Gasteiger partial charge >= 0.3 is 0 Å². The summed E-state index contributed by atoms with van der Waals surface area (Å²) in [5, 5.41) is 11.6. The van der Waals surface area contributed by atoms with Gasteiger partial charge < -0.3 is 10.4 Å². The number of nitrogens with zero attached hydrogens (tertiary/aromatic N) is 1. The van der Waals surface area contributed by atoms with Gasteiger partial charge in [-0.1, -0.05) is 11.8 Å². The molecule has 2 aromatic heterocycles. The van der Waals surface area contributed by atoms with Gasteiger partial charge in [-0.15, -0.1) is 22.7 Å². The summed E-state index contributed by atoms with van der Waals surface area (Å²) in [6.45, 7) is 2.48. The van der Waals surface area contributed by atoms with E-state index in [9.17, 15) is 4.79 Å². The Bertz CT molecular complexity index is 636. The third-order valence-corrected chi connectivity index (χ3v) is 4.42. The number of amides is 1. The van der Waals surface area contributed by atoms with Crippen LogP contribution in [0.2, 0.25) is 0 Å². The van der Waals surface area contributed by atoms with Crippen molar-refractivity contribution in [3.8, 4) is 11.8 Å². The van der Waals surface area contributed by atoms with E-state index in [4.69, 9.17) is 5.11 Å². The molecule has 0 unspecified atom stereocenters. The van der Waals surface area contributed by atoms with E-state index in [0.717, 1.165) is 15.3 Å². The van der Waals surface area contributed by atoms with E-state index >= 15 is 0 Å². The predicted molar refractivity (Wildman–Crippen MR) is 80.9 cm³/mol. The molecule has 0 aliphatic rings. The molecule has 2 N–H and O–H groups in total. The maximum atomic E-state index is 12.0. The molecule has 4 nitrogen and oxygen atoms in total. The first-order valence-corrected chi connectivity index (χ1v) is 7.76. The molecule has 104 valence electrons. The number of aliphatic hydroxyl groups is 1. The Hall–Kier alpha value is -1.68. The molecule has 0 aromatic carbocycles. The average Bonchev–Trinajstić information content (AvgIpc) is 3.07. The van der Waals surface area contributed by atoms with Gasteiger partial charge in [0.25, 0.3) is 5.91 Å². The number of nitrogens with one attached hydrogen (secondary N) is 1. The van der Waals surface area contributed by atoms with Gasteiger partial charge in [0.1, 0.15) is 0 Å². The molecule has 0 bridgehead atoms. The van der Waals surface area contributed by atoms with Crippen molar-refractivity contribution in [2.45, 2.75) is 19.9 Å². The first-order chi connectivity index (χ1) is 9.70. The SMILES string of the molecule is Cc1cc(C(=O)NCc2cncs2)sc1C#CCCO. The Labute approximate surface area is 125 Å². The summed E-state index contributed by atoms with van der Waals surface area (Å²) in [5.41, 5.74) is 2.73. The zero-order valence-corrected chi connectivity index (χ0v) is 12.6. The van der Waals surface area contributed by atoms with E-state index in [-0.39, 0.29) is 12.5 Å². The van der Waals surface area contributed by atoms with Crippen LogP contribution >= 0.6 is 22.7 Å². The molecule has 0 aliphatic heterocycles. The summed E-state index contributed by atoms with van der Waals surface area (Å²) in [7, 11) is 0. The zero-order chi connectivity index (χ0) is 14.4. The first-order valence-electron chi connectivity index (χ1n) is 6.06. The number of carbonyl (C=O) groups excluding carboxylic acids is 1. The van der Waals surface area contributed by atoms with Gasteiger partial charge in [0.15, 0.2) is 0 Å². The Kier molecular flexibility index (Phi) is 5.30. The van der Waals surface area contributed by atoms with E-state index in [1.165, 1.54) is 22.7 Å². The molecule has 2 rings (SSSR count). The third kappa shape index (κ3) is 3.90. The van der Waals surface area contributed by atoms with Crippen molar-refractivity contribution in [1.29, 1.82) is 0 Å². The molecular formula is C14H14N2O2S2. The van der Waals surface area contributed by atoms with Crippen LogP contribution in [0.25, 0.3) is 0 Å². The van der Waals surface area contributed by atoms with Crippen LogP contribution in [0.1, 0.15) is 31.4 Å². The number of thiazole rings is 1. The summed E-state index contributed by atoms with van der Waals surface area (Å²) in [5.74, 6) is 5.75. The first kappa shape index (κ1) is 14.7. The number of carbonyl (C=O) groups is 1. The number of aliphatic hydroxyl groups excluding tert-OH is 1. The van der Waals surface area contributed by atoms with E-state index in [0.29, 0.717) is 17.8 Å². The highest BCUT2D eigenvalue weighted by atomic mass is 32.1. The van der Waals surface area contributed by atoms with Gasteiger partial charge in [-0.2, -0.15) is 0 Å². The van der Waals surface area contributed by atoms with Crippen LogP contribution in [-0.2, 0) is 6.54 Å². The smallest absolute Gasteiger partial charge is 0.261 e. The van der Waals surface area contributed by atoms with Gasteiger partial charge in [0.2, 0.25) is 0 Å². The second-order valence-electron chi connectivity index (χ2n) is 4.05. The van der Waals surface area contributed by atoms with Gasteiger partial charge in [0, 0.05) is 17.5 Å². The highest BCUT2D eigenvalue weighted by Gasteiger charge is 2.11. The molecule has 0 saturated heterocycles. The van der Waals surface area contributed by atoms with Crippen LogP contribution in [0.5, 0.6) is 0 Å².